The zero-order chi connectivity index (χ0) is 14.3. The van der Waals surface area contributed by atoms with Gasteiger partial charge in [-0.3, -0.25) is 0 Å². The minimum absolute atomic E-state index is 0.324. The Hall–Kier alpha value is -0.160. The van der Waals surface area contributed by atoms with Gasteiger partial charge in [0.1, 0.15) is 0 Å². The van der Waals surface area contributed by atoms with Gasteiger partial charge in [-0.15, -0.1) is 0 Å². The fourth-order valence-corrected chi connectivity index (χ4v) is 2.34. The molecule has 4 nitrogen and oxygen atoms in total. The van der Waals surface area contributed by atoms with E-state index in [0.717, 1.165) is 18.8 Å². The monoisotopic (exact) mass is 273 g/mol. The summed E-state index contributed by atoms with van der Waals surface area (Å²) >= 11 is 0. The molecule has 0 amide bonds. The number of rotatable bonds is 8. The van der Waals surface area contributed by atoms with E-state index in [9.17, 15) is 10.2 Å². The molecule has 4 heteroatoms. The zero-order valence-electron chi connectivity index (χ0n) is 12.7. The first kappa shape index (κ1) is 16.9. The van der Waals surface area contributed by atoms with Gasteiger partial charge in [-0.25, -0.2) is 0 Å². The highest BCUT2D eigenvalue weighted by Gasteiger charge is 2.20. The maximum atomic E-state index is 9.83. The highest BCUT2D eigenvalue weighted by atomic mass is 16.5. The Morgan fingerprint density at radius 3 is 2.53 bits per heavy atom. The Kier molecular flexibility index (Phi) is 7.29. The van der Waals surface area contributed by atoms with E-state index in [1.54, 1.807) is 6.92 Å². The molecule has 114 valence electrons. The van der Waals surface area contributed by atoms with Crippen LogP contribution in [-0.4, -0.2) is 47.7 Å². The third kappa shape index (κ3) is 7.25. The molecule has 2 unspecified atom stereocenters. The maximum Gasteiger partial charge on any atom is 0.0897 e. The Balaban J connectivity index is 2.06. The SMILES string of the molecule is CCC(C)(O)CNCC(O)COC1CCC(C)CC1. The van der Waals surface area contributed by atoms with Gasteiger partial charge in [-0.05, 0) is 44.9 Å². The number of nitrogens with one attached hydrogen (secondary N) is 1. The molecule has 0 aliphatic heterocycles. The van der Waals surface area contributed by atoms with Gasteiger partial charge >= 0.3 is 0 Å². The van der Waals surface area contributed by atoms with E-state index in [-0.39, 0.29) is 0 Å². The topological polar surface area (TPSA) is 61.7 Å². The van der Waals surface area contributed by atoms with Crippen molar-refractivity contribution < 1.29 is 14.9 Å². The smallest absolute Gasteiger partial charge is 0.0897 e. The summed E-state index contributed by atoms with van der Waals surface area (Å²) in [4.78, 5) is 0. The predicted octanol–water partition coefficient (Wildman–Crippen LogP) is 1.69. The molecule has 0 saturated heterocycles. The third-order valence-electron chi connectivity index (χ3n) is 4.13. The zero-order valence-corrected chi connectivity index (χ0v) is 12.7. The number of aliphatic hydroxyl groups is 2. The van der Waals surface area contributed by atoms with Crippen molar-refractivity contribution in [3.05, 3.63) is 0 Å². The lowest BCUT2D eigenvalue weighted by atomic mass is 9.89. The summed E-state index contributed by atoms with van der Waals surface area (Å²) in [5, 5.41) is 22.7. The van der Waals surface area contributed by atoms with Gasteiger partial charge in [0.25, 0.3) is 0 Å². The van der Waals surface area contributed by atoms with Crippen molar-refractivity contribution in [1.29, 1.82) is 0 Å². The van der Waals surface area contributed by atoms with Gasteiger partial charge < -0.3 is 20.3 Å². The van der Waals surface area contributed by atoms with Crippen molar-refractivity contribution in [1.82, 2.24) is 5.32 Å². The molecule has 19 heavy (non-hydrogen) atoms. The van der Waals surface area contributed by atoms with E-state index < -0.39 is 11.7 Å². The molecule has 1 aliphatic rings. The van der Waals surface area contributed by atoms with E-state index in [1.807, 2.05) is 6.92 Å². The predicted molar refractivity (Wildman–Crippen MR) is 77.2 cm³/mol. The number of hydrogen-bond donors (Lipinski definition) is 3. The number of ether oxygens (including phenoxy) is 1. The molecule has 0 aromatic rings. The summed E-state index contributed by atoms with van der Waals surface area (Å²) in [5.41, 5.74) is -0.694. The fraction of sp³-hybridized carbons (Fsp3) is 1.00. The van der Waals surface area contributed by atoms with E-state index in [4.69, 9.17) is 4.74 Å². The quantitative estimate of drug-likeness (QED) is 0.630. The van der Waals surface area contributed by atoms with E-state index in [1.165, 1.54) is 12.8 Å². The van der Waals surface area contributed by atoms with Crippen molar-refractivity contribution in [3.63, 3.8) is 0 Å². The lowest BCUT2D eigenvalue weighted by Crippen LogP contribution is -2.41. The van der Waals surface area contributed by atoms with Crippen LogP contribution >= 0.6 is 0 Å². The van der Waals surface area contributed by atoms with Crippen LogP contribution in [0.2, 0.25) is 0 Å². The molecule has 0 heterocycles. The summed E-state index contributed by atoms with van der Waals surface area (Å²) in [6, 6.07) is 0. The summed E-state index contributed by atoms with van der Waals surface area (Å²) in [6.07, 6.45) is 5.23. The molecule has 0 aromatic heterocycles. The van der Waals surface area contributed by atoms with Gasteiger partial charge in [-0.1, -0.05) is 13.8 Å². The first-order valence-corrected chi connectivity index (χ1v) is 7.65. The number of aliphatic hydroxyl groups excluding tert-OH is 1. The molecule has 0 aromatic carbocycles. The number of hydrogen-bond acceptors (Lipinski definition) is 4. The van der Waals surface area contributed by atoms with Gasteiger partial charge in [0.15, 0.2) is 0 Å². The summed E-state index contributed by atoms with van der Waals surface area (Å²) in [6.45, 7) is 7.40. The highest BCUT2D eigenvalue weighted by molar-refractivity contribution is 4.75. The standard InChI is InChI=1S/C15H31NO3/c1-4-15(3,18)11-16-9-13(17)10-19-14-7-5-12(2)6-8-14/h12-14,16-18H,4-11H2,1-3H3. The minimum Gasteiger partial charge on any atom is -0.389 e. The van der Waals surface area contributed by atoms with Crippen molar-refractivity contribution in [2.75, 3.05) is 19.7 Å². The van der Waals surface area contributed by atoms with Crippen LogP contribution in [0.25, 0.3) is 0 Å². The van der Waals surface area contributed by atoms with Crippen LogP contribution in [0, 0.1) is 5.92 Å². The van der Waals surface area contributed by atoms with E-state index in [2.05, 4.69) is 12.2 Å². The van der Waals surface area contributed by atoms with Crippen LogP contribution in [0.5, 0.6) is 0 Å². The second-order valence-corrected chi connectivity index (χ2v) is 6.35. The fourth-order valence-electron chi connectivity index (χ4n) is 2.34. The Labute approximate surface area is 117 Å². The molecule has 0 bridgehead atoms. The van der Waals surface area contributed by atoms with Gasteiger partial charge in [0.2, 0.25) is 0 Å². The minimum atomic E-state index is -0.694. The maximum absolute atomic E-state index is 9.83. The van der Waals surface area contributed by atoms with Crippen LogP contribution in [0.3, 0.4) is 0 Å². The lowest BCUT2D eigenvalue weighted by molar-refractivity contribution is -0.0296. The summed E-state index contributed by atoms with van der Waals surface area (Å²) < 4.78 is 5.75. The Morgan fingerprint density at radius 2 is 1.95 bits per heavy atom. The van der Waals surface area contributed by atoms with Crippen LogP contribution in [0.4, 0.5) is 0 Å². The normalized spacial score (nSPS) is 28.9. The molecule has 0 spiro atoms. The first-order chi connectivity index (χ1) is 8.93. The molecular formula is C15H31NO3. The molecule has 3 N–H and O–H groups in total. The van der Waals surface area contributed by atoms with Crippen molar-refractivity contribution in [3.8, 4) is 0 Å². The van der Waals surface area contributed by atoms with Crippen molar-refractivity contribution >= 4 is 0 Å². The molecule has 1 aliphatic carbocycles. The highest BCUT2D eigenvalue weighted by Crippen LogP contribution is 2.25. The average Bonchev–Trinajstić information content (AvgIpc) is 2.38. The van der Waals surface area contributed by atoms with Crippen molar-refractivity contribution in [2.45, 2.75) is 70.7 Å². The average molecular weight is 273 g/mol. The van der Waals surface area contributed by atoms with Gasteiger partial charge in [0, 0.05) is 13.1 Å². The molecule has 0 radical (unpaired) electrons. The van der Waals surface area contributed by atoms with Crippen LogP contribution < -0.4 is 5.32 Å². The van der Waals surface area contributed by atoms with Crippen molar-refractivity contribution in [2.24, 2.45) is 5.92 Å². The largest absolute Gasteiger partial charge is 0.389 e. The van der Waals surface area contributed by atoms with Gasteiger partial charge in [-0.2, -0.15) is 0 Å². The molecule has 1 rings (SSSR count). The van der Waals surface area contributed by atoms with Gasteiger partial charge in [0.05, 0.1) is 24.4 Å². The first-order valence-electron chi connectivity index (χ1n) is 7.65. The Morgan fingerprint density at radius 1 is 1.32 bits per heavy atom. The lowest BCUT2D eigenvalue weighted by Gasteiger charge is -2.27. The van der Waals surface area contributed by atoms with Crippen LogP contribution in [-0.2, 0) is 4.74 Å². The second-order valence-electron chi connectivity index (χ2n) is 6.35. The molecule has 2 atom stereocenters. The Bertz CT molecular complexity index is 238. The molecule has 1 saturated carbocycles. The summed E-state index contributed by atoms with van der Waals surface area (Å²) in [5.74, 6) is 0.822. The molecular weight excluding hydrogens is 242 g/mol. The summed E-state index contributed by atoms with van der Waals surface area (Å²) in [7, 11) is 0. The third-order valence-corrected chi connectivity index (χ3v) is 4.13. The van der Waals surface area contributed by atoms with E-state index in [0.29, 0.717) is 32.2 Å². The second kappa shape index (κ2) is 8.20. The van der Waals surface area contributed by atoms with Crippen LogP contribution in [0.15, 0.2) is 0 Å². The molecule has 1 fully saturated rings. The van der Waals surface area contributed by atoms with Crippen LogP contribution in [0.1, 0.15) is 52.9 Å². The van der Waals surface area contributed by atoms with E-state index >= 15 is 0 Å².